The summed E-state index contributed by atoms with van der Waals surface area (Å²) in [5.41, 5.74) is 3.97. The minimum absolute atomic E-state index is 0.198. The van der Waals surface area contributed by atoms with E-state index in [2.05, 4.69) is 9.97 Å². The van der Waals surface area contributed by atoms with Crippen molar-refractivity contribution in [3.63, 3.8) is 0 Å². The first-order valence-electron chi connectivity index (χ1n) is 8.55. The zero-order chi connectivity index (χ0) is 18.7. The van der Waals surface area contributed by atoms with Gasteiger partial charge in [-0.15, -0.1) is 0 Å². The first-order chi connectivity index (χ1) is 12.6. The number of hydrogen-bond acceptors (Lipinski definition) is 2. The van der Waals surface area contributed by atoms with Crippen molar-refractivity contribution in [2.45, 2.75) is 20.8 Å². The summed E-state index contributed by atoms with van der Waals surface area (Å²) in [4.78, 5) is 19.3. The van der Waals surface area contributed by atoms with Crippen LogP contribution in [0.1, 0.15) is 19.4 Å². The molecular weight excluding hydrogens is 329 g/mol. The summed E-state index contributed by atoms with van der Waals surface area (Å²) >= 11 is 0. The second-order valence-electron chi connectivity index (χ2n) is 5.69. The molecular formula is C21H20FN3O. The van der Waals surface area contributed by atoms with E-state index in [1.165, 1.54) is 18.5 Å². The molecule has 0 unspecified atom stereocenters. The molecule has 0 saturated heterocycles. The van der Waals surface area contributed by atoms with Crippen molar-refractivity contribution < 1.29 is 4.39 Å². The molecule has 0 saturated carbocycles. The number of nitrogens with zero attached hydrogens (tertiary/aromatic N) is 2. The van der Waals surface area contributed by atoms with Gasteiger partial charge in [-0.05, 0) is 36.8 Å². The van der Waals surface area contributed by atoms with Crippen molar-refractivity contribution in [1.29, 1.82) is 0 Å². The predicted molar refractivity (Wildman–Crippen MR) is 103 cm³/mol. The van der Waals surface area contributed by atoms with Gasteiger partial charge in [0.1, 0.15) is 5.82 Å². The molecule has 4 nitrogen and oxygen atoms in total. The third kappa shape index (κ3) is 3.16. The van der Waals surface area contributed by atoms with Crippen LogP contribution in [-0.2, 0) is 0 Å². The molecule has 1 N–H and O–H groups in total. The quantitative estimate of drug-likeness (QED) is 0.562. The Balaban J connectivity index is 0.000000948. The normalized spacial score (nSPS) is 10.5. The number of aromatic nitrogens is 3. The molecule has 0 bridgehead atoms. The molecule has 0 radical (unpaired) electrons. The Hall–Kier alpha value is -3.21. The summed E-state index contributed by atoms with van der Waals surface area (Å²) < 4.78 is 15.0. The molecule has 2 aromatic carbocycles. The van der Waals surface area contributed by atoms with Crippen LogP contribution < -0.4 is 5.56 Å². The van der Waals surface area contributed by atoms with E-state index < -0.39 is 0 Å². The highest BCUT2D eigenvalue weighted by Gasteiger charge is 2.15. The summed E-state index contributed by atoms with van der Waals surface area (Å²) in [5, 5.41) is 0.519. The van der Waals surface area contributed by atoms with Crippen LogP contribution in [0.2, 0.25) is 0 Å². The van der Waals surface area contributed by atoms with Gasteiger partial charge >= 0.3 is 0 Å². The third-order valence-electron chi connectivity index (χ3n) is 4.06. The zero-order valence-corrected chi connectivity index (χ0v) is 15.0. The molecule has 0 aliphatic rings. The molecule has 26 heavy (non-hydrogen) atoms. The summed E-state index contributed by atoms with van der Waals surface area (Å²) in [6.07, 6.45) is 3.24. The first kappa shape index (κ1) is 17.6. The number of fused-ring (bicyclic) bond motifs is 1. The molecule has 0 fully saturated rings. The van der Waals surface area contributed by atoms with Crippen LogP contribution in [0.5, 0.6) is 0 Å². The van der Waals surface area contributed by atoms with Gasteiger partial charge in [0.2, 0.25) is 0 Å². The summed E-state index contributed by atoms with van der Waals surface area (Å²) in [5.74, 6) is -0.306. The van der Waals surface area contributed by atoms with E-state index in [-0.39, 0.29) is 11.4 Å². The number of benzene rings is 2. The van der Waals surface area contributed by atoms with Gasteiger partial charge in [-0.3, -0.25) is 4.79 Å². The summed E-state index contributed by atoms with van der Waals surface area (Å²) in [7, 11) is 0. The SMILES string of the molecule is CC.Cc1ccc(-c2cn(-c3ccc(F)cc3)c3nc[nH]c(=O)c23)cc1. The van der Waals surface area contributed by atoms with E-state index >= 15 is 0 Å². The Bertz CT molecular complexity index is 1080. The molecule has 4 aromatic rings. The Morgan fingerprint density at radius 3 is 2.31 bits per heavy atom. The molecule has 4 rings (SSSR count). The summed E-state index contributed by atoms with van der Waals surface area (Å²) in [6.45, 7) is 6.01. The second kappa shape index (κ2) is 7.35. The summed E-state index contributed by atoms with van der Waals surface area (Å²) in [6, 6.07) is 14.1. The van der Waals surface area contributed by atoms with Crippen LogP contribution >= 0.6 is 0 Å². The Kier molecular flexibility index (Phi) is 4.98. The van der Waals surface area contributed by atoms with Crippen molar-refractivity contribution >= 4 is 11.0 Å². The van der Waals surface area contributed by atoms with Crippen molar-refractivity contribution in [1.82, 2.24) is 14.5 Å². The standard InChI is InChI=1S/C19H14FN3O.C2H6/c1-12-2-4-13(5-3-12)16-10-23(15-8-6-14(20)7-9-15)18-17(16)19(24)22-11-21-18;1-2/h2-11H,1H3,(H,21,22,24);1-2H3. The average Bonchev–Trinajstić information content (AvgIpc) is 3.06. The van der Waals surface area contributed by atoms with E-state index in [0.717, 1.165) is 22.4 Å². The van der Waals surface area contributed by atoms with Gasteiger partial charge in [-0.1, -0.05) is 43.7 Å². The molecule has 132 valence electrons. The number of nitrogens with one attached hydrogen (secondary N) is 1. The van der Waals surface area contributed by atoms with Crippen LogP contribution in [0.4, 0.5) is 4.39 Å². The Labute approximate surface area is 151 Å². The van der Waals surface area contributed by atoms with Gasteiger partial charge in [-0.25, -0.2) is 9.37 Å². The highest BCUT2D eigenvalue weighted by atomic mass is 19.1. The van der Waals surface area contributed by atoms with Crippen LogP contribution in [0.25, 0.3) is 27.8 Å². The van der Waals surface area contributed by atoms with E-state index in [0.29, 0.717) is 11.0 Å². The molecule has 0 amide bonds. The predicted octanol–water partition coefficient (Wildman–Crippen LogP) is 4.85. The van der Waals surface area contributed by atoms with Crippen LogP contribution in [0.3, 0.4) is 0 Å². The number of aromatic amines is 1. The minimum Gasteiger partial charge on any atom is -0.312 e. The van der Waals surface area contributed by atoms with Crippen molar-refractivity contribution in [3.8, 4) is 16.8 Å². The van der Waals surface area contributed by atoms with Crippen molar-refractivity contribution in [2.24, 2.45) is 0 Å². The largest absolute Gasteiger partial charge is 0.312 e. The maximum absolute atomic E-state index is 13.2. The Morgan fingerprint density at radius 1 is 1.00 bits per heavy atom. The van der Waals surface area contributed by atoms with Crippen molar-refractivity contribution in [3.05, 3.63) is 82.8 Å². The van der Waals surface area contributed by atoms with Gasteiger partial charge in [0, 0.05) is 17.4 Å². The van der Waals surface area contributed by atoms with Gasteiger partial charge in [0.15, 0.2) is 5.65 Å². The fourth-order valence-electron chi connectivity index (χ4n) is 2.82. The zero-order valence-electron chi connectivity index (χ0n) is 15.0. The van der Waals surface area contributed by atoms with Gasteiger partial charge in [0.05, 0.1) is 11.7 Å². The van der Waals surface area contributed by atoms with E-state index in [1.54, 1.807) is 16.7 Å². The maximum Gasteiger partial charge on any atom is 0.260 e. The minimum atomic E-state index is -0.306. The fourth-order valence-corrected chi connectivity index (χ4v) is 2.82. The number of rotatable bonds is 2. The lowest BCUT2D eigenvalue weighted by atomic mass is 10.1. The number of H-pyrrole nitrogens is 1. The van der Waals surface area contributed by atoms with Gasteiger partial charge < -0.3 is 9.55 Å². The molecule has 0 spiro atoms. The fraction of sp³-hybridized carbons (Fsp3) is 0.143. The smallest absolute Gasteiger partial charge is 0.260 e. The Morgan fingerprint density at radius 2 is 1.65 bits per heavy atom. The van der Waals surface area contributed by atoms with Crippen LogP contribution in [0, 0.1) is 12.7 Å². The highest BCUT2D eigenvalue weighted by molar-refractivity contribution is 5.94. The molecule has 0 aliphatic heterocycles. The van der Waals surface area contributed by atoms with E-state index in [9.17, 15) is 9.18 Å². The second-order valence-corrected chi connectivity index (χ2v) is 5.69. The lowest BCUT2D eigenvalue weighted by Crippen LogP contribution is -2.07. The topological polar surface area (TPSA) is 50.7 Å². The van der Waals surface area contributed by atoms with E-state index in [4.69, 9.17) is 0 Å². The van der Waals surface area contributed by atoms with Crippen molar-refractivity contribution in [2.75, 3.05) is 0 Å². The number of aryl methyl sites for hydroxylation is 1. The molecule has 2 aromatic heterocycles. The van der Waals surface area contributed by atoms with Crippen LogP contribution in [0.15, 0.2) is 65.8 Å². The number of hydrogen-bond donors (Lipinski definition) is 1. The molecule has 0 atom stereocenters. The first-order valence-corrected chi connectivity index (χ1v) is 8.55. The van der Waals surface area contributed by atoms with Crippen LogP contribution in [-0.4, -0.2) is 14.5 Å². The third-order valence-corrected chi connectivity index (χ3v) is 4.06. The molecule has 5 heteroatoms. The number of halogens is 1. The molecule has 2 heterocycles. The lowest BCUT2D eigenvalue weighted by Gasteiger charge is -2.03. The monoisotopic (exact) mass is 349 g/mol. The van der Waals surface area contributed by atoms with Gasteiger partial charge in [-0.2, -0.15) is 0 Å². The average molecular weight is 349 g/mol. The molecule has 0 aliphatic carbocycles. The van der Waals surface area contributed by atoms with E-state index in [1.807, 2.05) is 51.2 Å². The highest BCUT2D eigenvalue weighted by Crippen LogP contribution is 2.29. The van der Waals surface area contributed by atoms with Gasteiger partial charge in [0.25, 0.3) is 5.56 Å². The lowest BCUT2D eigenvalue weighted by molar-refractivity contribution is 0.627. The maximum atomic E-state index is 13.2.